The molecule has 0 N–H and O–H groups in total. The Hall–Kier alpha value is -2.56. The first kappa shape index (κ1) is 17.3. The van der Waals surface area contributed by atoms with Gasteiger partial charge in [-0.15, -0.1) is 10.2 Å². The Morgan fingerprint density at radius 1 is 1.44 bits per heavy atom. The largest absolute Gasteiger partial charge is 0.353 e. The topological polar surface area (TPSA) is 96.4 Å². The van der Waals surface area contributed by atoms with Crippen LogP contribution in [-0.2, 0) is 6.54 Å². The summed E-state index contributed by atoms with van der Waals surface area (Å²) in [6.45, 7) is 8.31. The molecule has 3 rings (SSSR count). The standard InChI is InChI=1S/C17H24N8/c1-4-12(2)11-24(7-8-25-22-13(3)21-23-25)17-15(9-18)10-19-16(20-17)14-5-6-14/h10,12,14H,4-8,11H2,1-3H3. The number of aryl methyl sites for hydroxylation is 1. The van der Waals surface area contributed by atoms with E-state index in [1.807, 2.05) is 6.92 Å². The van der Waals surface area contributed by atoms with Gasteiger partial charge in [0.1, 0.15) is 23.3 Å². The van der Waals surface area contributed by atoms with Crippen LogP contribution in [0.25, 0.3) is 0 Å². The lowest BCUT2D eigenvalue weighted by atomic mass is 10.1. The molecule has 0 aromatic carbocycles. The van der Waals surface area contributed by atoms with Gasteiger partial charge in [-0.25, -0.2) is 9.97 Å². The molecule has 0 saturated heterocycles. The predicted molar refractivity (Wildman–Crippen MR) is 92.9 cm³/mol. The number of aromatic nitrogens is 6. The second-order valence-corrected chi connectivity index (χ2v) is 6.74. The average Bonchev–Trinajstić information content (AvgIpc) is 3.40. The van der Waals surface area contributed by atoms with E-state index < -0.39 is 0 Å². The lowest BCUT2D eigenvalue weighted by Gasteiger charge is -2.27. The van der Waals surface area contributed by atoms with Gasteiger partial charge >= 0.3 is 0 Å². The lowest BCUT2D eigenvalue weighted by Crippen LogP contribution is -2.33. The second kappa shape index (κ2) is 7.55. The van der Waals surface area contributed by atoms with Crippen LogP contribution in [0.3, 0.4) is 0 Å². The van der Waals surface area contributed by atoms with Crippen LogP contribution in [0, 0.1) is 24.2 Å². The van der Waals surface area contributed by atoms with Gasteiger partial charge in [-0.05, 0) is 30.9 Å². The number of nitriles is 1. The zero-order valence-electron chi connectivity index (χ0n) is 15.1. The summed E-state index contributed by atoms with van der Waals surface area (Å²) >= 11 is 0. The van der Waals surface area contributed by atoms with Crippen molar-refractivity contribution in [2.24, 2.45) is 5.92 Å². The van der Waals surface area contributed by atoms with E-state index >= 15 is 0 Å². The highest BCUT2D eigenvalue weighted by molar-refractivity contribution is 5.53. The summed E-state index contributed by atoms with van der Waals surface area (Å²) in [7, 11) is 0. The number of nitrogens with zero attached hydrogens (tertiary/aromatic N) is 8. The zero-order valence-corrected chi connectivity index (χ0v) is 15.1. The number of anilines is 1. The molecule has 0 radical (unpaired) electrons. The van der Waals surface area contributed by atoms with Gasteiger partial charge in [0.15, 0.2) is 5.82 Å². The third-order valence-electron chi connectivity index (χ3n) is 4.50. The Morgan fingerprint density at radius 2 is 2.24 bits per heavy atom. The fraction of sp³-hybridized carbons (Fsp3) is 0.647. The van der Waals surface area contributed by atoms with Crippen LogP contribution in [0.5, 0.6) is 0 Å². The minimum absolute atomic E-state index is 0.455. The van der Waals surface area contributed by atoms with E-state index in [9.17, 15) is 5.26 Å². The highest BCUT2D eigenvalue weighted by Crippen LogP contribution is 2.38. The second-order valence-electron chi connectivity index (χ2n) is 6.74. The van der Waals surface area contributed by atoms with Crippen molar-refractivity contribution in [3.8, 4) is 6.07 Å². The van der Waals surface area contributed by atoms with Crippen molar-refractivity contribution in [3.63, 3.8) is 0 Å². The summed E-state index contributed by atoms with van der Waals surface area (Å²) < 4.78 is 0. The summed E-state index contributed by atoms with van der Waals surface area (Å²) in [5.74, 6) is 3.20. The average molecular weight is 340 g/mol. The van der Waals surface area contributed by atoms with Crippen LogP contribution in [0.15, 0.2) is 6.20 Å². The van der Waals surface area contributed by atoms with Crippen molar-refractivity contribution in [1.29, 1.82) is 5.26 Å². The van der Waals surface area contributed by atoms with E-state index in [0.717, 1.165) is 37.4 Å². The van der Waals surface area contributed by atoms with Crippen molar-refractivity contribution >= 4 is 5.82 Å². The molecule has 1 atom stereocenters. The van der Waals surface area contributed by atoms with Crippen molar-refractivity contribution in [2.75, 3.05) is 18.0 Å². The molecule has 132 valence electrons. The van der Waals surface area contributed by atoms with Crippen LogP contribution in [0.2, 0.25) is 0 Å². The molecular weight excluding hydrogens is 316 g/mol. The van der Waals surface area contributed by atoms with Crippen molar-refractivity contribution in [1.82, 2.24) is 30.2 Å². The van der Waals surface area contributed by atoms with Gasteiger partial charge < -0.3 is 4.90 Å². The maximum Gasteiger partial charge on any atom is 0.171 e. The molecule has 0 aliphatic heterocycles. The molecule has 2 aromatic rings. The highest BCUT2D eigenvalue weighted by atomic mass is 15.6. The van der Waals surface area contributed by atoms with Crippen LogP contribution in [-0.4, -0.2) is 43.3 Å². The van der Waals surface area contributed by atoms with Gasteiger partial charge in [0.25, 0.3) is 0 Å². The van der Waals surface area contributed by atoms with Gasteiger partial charge in [-0.2, -0.15) is 10.1 Å². The Balaban J connectivity index is 1.84. The smallest absolute Gasteiger partial charge is 0.171 e. The van der Waals surface area contributed by atoms with E-state index in [-0.39, 0.29) is 0 Å². The minimum Gasteiger partial charge on any atom is -0.353 e. The fourth-order valence-electron chi connectivity index (χ4n) is 2.66. The third kappa shape index (κ3) is 4.29. The van der Waals surface area contributed by atoms with Gasteiger partial charge in [-0.3, -0.25) is 0 Å². The first-order valence-electron chi connectivity index (χ1n) is 8.87. The van der Waals surface area contributed by atoms with E-state index in [4.69, 9.17) is 4.98 Å². The van der Waals surface area contributed by atoms with Crippen molar-refractivity contribution in [2.45, 2.75) is 52.5 Å². The minimum atomic E-state index is 0.455. The predicted octanol–water partition coefficient (Wildman–Crippen LogP) is 2.07. The molecule has 2 heterocycles. The number of tetrazole rings is 1. The van der Waals surface area contributed by atoms with Gasteiger partial charge in [0.05, 0.1) is 12.7 Å². The Labute approximate surface area is 147 Å². The van der Waals surface area contributed by atoms with Crippen LogP contribution in [0.4, 0.5) is 5.82 Å². The van der Waals surface area contributed by atoms with Crippen molar-refractivity contribution < 1.29 is 0 Å². The summed E-state index contributed by atoms with van der Waals surface area (Å²) in [4.78, 5) is 12.9. The fourth-order valence-corrected chi connectivity index (χ4v) is 2.66. The summed E-state index contributed by atoms with van der Waals surface area (Å²) in [6, 6.07) is 2.24. The van der Waals surface area contributed by atoms with Gasteiger partial charge in [-0.1, -0.05) is 20.3 Å². The quantitative estimate of drug-likeness (QED) is 0.725. The normalized spacial score (nSPS) is 15.0. The third-order valence-corrected chi connectivity index (χ3v) is 4.50. The summed E-state index contributed by atoms with van der Waals surface area (Å²) in [5.41, 5.74) is 0.524. The number of hydrogen-bond donors (Lipinski definition) is 0. The van der Waals surface area contributed by atoms with E-state index in [0.29, 0.717) is 36.3 Å². The maximum absolute atomic E-state index is 9.50. The highest BCUT2D eigenvalue weighted by Gasteiger charge is 2.28. The van der Waals surface area contributed by atoms with E-state index in [2.05, 4.69) is 45.2 Å². The first-order chi connectivity index (χ1) is 12.1. The molecule has 25 heavy (non-hydrogen) atoms. The molecule has 1 aliphatic rings. The molecular formula is C17H24N8. The number of hydrogen-bond acceptors (Lipinski definition) is 7. The summed E-state index contributed by atoms with van der Waals surface area (Å²) in [5, 5.41) is 21.7. The molecule has 0 spiro atoms. The first-order valence-corrected chi connectivity index (χ1v) is 8.87. The van der Waals surface area contributed by atoms with Crippen LogP contribution in [0.1, 0.15) is 56.2 Å². The maximum atomic E-state index is 9.50. The Kier molecular flexibility index (Phi) is 5.22. The number of rotatable bonds is 8. The molecule has 8 heteroatoms. The molecule has 1 aliphatic carbocycles. The lowest BCUT2D eigenvalue weighted by molar-refractivity contribution is 0.483. The Bertz CT molecular complexity index is 758. The van der Waals surface area contributed by atoms with Gasteiger partial charge in [0, 0.05) is 19.0 Å². The van der Waals surface area contributed by atoms with Crippen LogP contribution >= 0.6 is 0 Å². The molecule has 1 unspecified atom stereocenters. The van der Waals surface area contributed by atoms with E-state index in [1.54, 1.807) is 11.0 Å². The van der Waals surface area contributed by atoms with Gasteiger partial charge in [0.2, 0.25) is 0 Å². The molecule has 0 amide bonds. The monoisotopic (exact) mass is 340 g/mol. The zero-order chi connectivity index (χ0) is 17.8. The molecule has 1 fully saturated rings. The molecule has 0 bridgehead atoms. The Morgan fingerprint density at radius 3 is 2.84 bits per heavy atom. The SMILES string of the molecule is CCC(C)CN(CCn1nnc(C)n1)c1nc(C2CC2)ncc1C#N. The van der Waals surface area contributed by atoms with E-state index in [1.165, 1.54) is 0 Å². The summed E-state index contributed by atoms with van der Waals surface area (Å²) in [6.07, 6.45) is 5.01. The molecule has 1 saturated carbocycles. The molecule has 8 nitrogen and oxygen atoms in total. The van der Waals surface area contributed by atoms with Crippen molar-refractivity contribution in [3.05, 3.63) is 23.4 Å². The van der Waals surface area contributed by atoms with Crippen LogP contribution < -0.4 is 4.90 Å². The molecule has 2 aromatic heterocycles.